The predicted molar refractivity (Wildman–Crippen MR) is 47.2 cm³/mol. The Morgan fingerprint density at radius 1 is 0.778 bits per heavy atom. The van der Waals surface area contributed by atoms with E-state index in [0.29, 0.717) is 16.0 Å². The molecule has 18 heavy (non-hydrogen) atoms. The average Bonchev–Trinajstić information content (AvgIpc) is 2.79. The van der Waals surface area contributed by atoms with E-state index in [-0.39, 0.29) is 17.1 Å². The monoisotopic (exact) mass is 376 g/mol. The molecule has 1 aliphatic rings. The fraction of sp³-hybridized carbons (Fsp3) is 0.222. The van der Waals surface area contributed by atoms with Crippen molar-refractivity contribution in [1.82, 2.24) is 0 Å². The van der Waals surface area contributed by atoms with Gasteiger partial charge < -0.3 is 0 Å². The van der Waals surface area contributed by atoms with E-state index in [2.05, 4.69) is 13.3 Å². The molecule has 0 saturated heterocycles. The minimum Gasteiger partial charge on any atom is -0.0767 e. The third-order valence-electron chi connectivity index (χ3n) is 0.886. The molecule has 0 saturated carbocycles. The van der Waals surface area contributed by atoms with Crippen LogP contribution in [0.5, 0.6) is 0 Å². The van der Waals surface area contributed by atoms with Crippen molar-refractivity contribution >= 4 is 16.0 Å². The molecule has 0 aromatic heterocycles. The van der Waals surface area contributed by atoms with Gasteiger partial charge in [0.25, 0.3) is 0 Å². The number of rotatable bonds is 0. The maximum Gasteiger partial charge on any atom is 0.00506 e. The van der Waals surface area contributed by atoms with Gasteiger partial charge in [-0.3, -0.25) is 0 Å². The fourth-order valence-corrected chi connectivity index (χ4v) is 0.321. The summed E-state index contributed by atoms with van der Waals surface area (Å²) in [6.45, 7) is 9.00. The molecule has 2 nitrogen and oxygen atoms in total. The Balaban J connectivity index is -0.0000000847. The van der Waals surface area contributed by atoms with E-state index in [0.717, 1.165) is 0 Å². The zero-order valence-corrected chi connectivity index (χ0v) is 11.2. The maximum absolute atomic E-state index is 11.0. The molecule has 0 heterocycles. The van der Waals surface area contributed by atoms with Crippen LogP contribution in [0, 0.1) is 19.7 Å². The SMILES string of the molecule is FC(F)(F)C(F)(F)[Se].[C-]#[O+].[C-]#[O+].[CH]1C=CC=C1.[Fe]. The zero-order valence-electron chi connectivity index (χ0n) is 8.35. The van der Waals surface area contributed by atoms with Crippen LogP contribution in [0.3, 0.4) is 0 Å². The normalized spacial score (nSPS) is 11.4. The van der Waals surface area contributed by atoms with Crippen LogP contribution in [-0.4, -0.2) is 27.0 Å². The Hall–Kier alpha value is -0.351. The average molecular weight is 375 g/mol. The van der Waals surface area contributed by atoms with Crippen molar-refractivity contribution in [2.24, 2.45) is 0 Å². The first-order valence-electron chi connectivity index (χ1n) is 3.47. The van der Waals surface area contributed by atoms with Crippen LogP contribution < -0.4 is 0 Å². The second-order valence-electron chi connectivity index (χ2n) is 1.98. The minimum absolute atomic E-state index is 0. The molecule has 0 amide bonds. The molecule has 0 fully saturated rings. The smallest absolute Gasteiger partial charge is 0.00506 e. The molecule has 9 heteroatoms. The van der Waals surface area contributed by atoms with Gasteiger partial charge in [0.15, 0.2) is 0 Å². The standard InChI is InChI=1S/C5H5.C2F5Se.2CO.Fe/c1-2-4-5-3-1;3-1(4,5)2(6,7)8;2*1-2;/h1-5H;;;;. The fourth-order valence-electron chi connectivity index (χ4n) is 0.321. The summed E-state index contributed by atoms with van der Waals surface area (Å²) in [7, 11) is 0. The van der Waals surface area contributed by atoms with Crippen LogP contribution in [0.2, 0.25) is 0 Å². The number of halogens is 5. The molecule has 0 unspecified atom stereocenters. The van der Waals surface area contributed by atoms with Crippen molar-refractivity contribution in [3.8, 4) is 0 Å². The van der Waals surface area contributed by atoms with Crippen molar-refractivity contribution < 1.29 is 48.3 Å². The second-order valence-corrected chi connectivity index (χ2v) is 3.05. The van der Waals surface area contributed by atoms with Gasteiger partial charge in [-0.1, -0.05) is 24.3 Å². The summed E-state index contributed by atoms with van der Waals surface area (Å²) in [6.07, 6.45) is 4.55. The van der Waals surface area contributed by atoms with Gasteiger partial charge in [0.2, 0.25) is 0 Å². The largest absolute Gasteiger partial charge is 0.0767 e. The molecule has 1 aliphatic carbocycles. The van der Waals surface area contributed by atoms with Gasteiger partial charge in [0.05, 0.1) is 0 Å². The van der Waals surface area contributed by atoms with E-state index in [1.54, 1.807) is 0 Å². The molecule has 0 aliphatic heterocycles. The number of hydrogen-bond donors (Lipinski definition) is 0. The summed E-state index contributed by atoms with van der Waals surface area (Å²) in [5.41, 5.74) is 0. The van der Waals surface area contributed by atoms with E-state index >= 15 is 0 Å². The molecule has 0 bridgehead atoms. The Morgan fingerprint density at radius 3 is 1.06 bits per heavy atom. The molecular weight excluding hydrogens is 370 g/mol. The van der Waals surface area contributed by atoms with Crippen molar-refractivity contribution in [1.29, 1.82) is 0 Å². The maximum atomic E-state index is 11.0. The van der Waals surface area contributed by atoms with Crippen molar-refractivity contribution in [3.63, 3.8) is 0 Å². The second kappa shape index (κ2) is 14.7. The Labute approximate surface area is 119 Å². The predicted octanol–water partition coefficient (Wildman–Crippen LogP) is 2.55. The number of allylic oxidation sites excluding steroid dienone is 4. The summed E-state index contributed by atoms with van der Waals surface area (Å²) >= 11 is 0.698. The van der Waals surface area contributed by atoms with Gasteiger partial charge in [-0.25, -0.2) is 0 Å². The molecule has 102 valence electrons. The Bertz CT molecular complexity index is 250. The molecule has 0 spiro atoms. The summed E-state index contributed by atoms with van der Waals surface area (Å²) in [5.74, 6) is 0. The van der Waals surface area contributed by atoms with Crippen molar-refractivity contribution in [2.75, 3.05) is 0 Å². The minimum atomic E-state index is -5.45. The molecule has 1 rings (SSSR count). The number of alkyl halides is 5. The van der Waals surface area contributed by atoms with Gasteiger partial charge in [-0.05, 0) is 0 Å². The summed E-state index contributed by atoms with van der Waals surface area (Å²) in [6, 6.07) is 0. The van der Waals surface area contributed by atoms with Crippen LogP contribution in [-0.2, 0) is 26.4 Å². The Kier molecular flexibility index (Phi) is 21.5. The topological polar surface area (TPSA) is 39.8 Å². The van der Waals surface area contributed by atoms with Gasteiger partial charge >= 0.3 is 71.6 Å². The van der Waals surface area contributed by atoms with Crippen LogP contribution in [0.4, 0.5) is 22.0 Å². The van der Waals surface area contributed by atoms with Crippen molar-refractivity contribution in [3.05, 3.63) is 44.0 Å². The van der Waals surface area contributed by atoms with Gasteiger partial charge in [0, 0.05) is 23.5 Å². The van der Waals surface area contributed by atoms with Gasteiger partial charge in [-0.15, -0.1) is 0 Å². The third kappa shape index (κ3) is 18.0. The molecule has 0 N–H and O–H groups in total. The van der Waals surface area contributed by atoms with Gasteiger partial charge in [-0.2, -0.15) is 0 Å². The first kappa shape index (κ1) is 26.3. The molecule has 2 radical (unpaired) electrons. The zero-order chi connectivity index (χ0) is 14.5. The summed E-state index contributed by atoms with van der Waals surface area (Å²) in [4.78, 5) is -4.69. The number of hydrogen-bond acceptors (Lipinski definition) is 0. The van der Waals surface area contributed by atoms with Crippen LogP contribution in [0.1, 0.15) is 0 Å². The molecular formula is C9H5F5FeO2Se. The van der Waals surface area contributed by atoms with E-state index in [1.807, 2.05) is 30.7 Å². The van der Waals surface area contributed by atoms with Crippen molar-refractivity contribution in [2.45, 2.75) is 11.0 Å². The summed E-state index contributed by atoms with van der Waals surface area (Å²) in [5, 5.41) is 0. The molecule has 0 aromatic carbocycles. The molecule has 0 atom stereocenters. The Morgan fingerprint density at radius 2 is 1.00 bits per heavy atom. The van der Waals surface area contributed by atoms with E-state index in [9.17, 15) is 22.0 Å². The molecule has 0 aromatic rings. The quantitative estimate of drug-likeness (QED) is 0.270. The van der Waals surface area contributed by atoms with E-state index in [1.165, 1.54) is 0 Å². The van der Waals surface area contributed by atoms with Crippen LogP contribution in [0.15, 0.2) is 24.3 Å². The van der Waals surface area contributed by atoms with Crippen LogP contribution in [0.25, 0.3) is 0 Å². The first-order chi connectivity index (χ1) is 7.75. The summed E-state index contributed by atoms with van der Waals surface area (Å²) < 4.78 is 69.4. The van der Waals surface area contributed by atoms with E-state index < -0.39 is 11.0 Å². The van der Waals surface area contributed by atoms with Crippen LogP contribution >= 0.6 is 0 Å². The third-order valence-corrected chi connectivity index (χ3v) is 1.37. The first-order valence-corrected chi connectivity index (χ1v) is 4.33. The van der Waals surface area contributed by atoms with E-state index in [4.69, 9.17) is 9.30 Å². The van der Waals surface area contributed by atoms with Gasteiger partial charge in [0.1, 0.15) is 0 Å².